The molecule has 3 aromatic carbocycles. The second kappa shape index (κ2) is 14.3. The molecule has 0 unspecified atom stereocenters. The zero-order chi connectivity index (χ0) is 30.3. The number of amides is 2. The van der Waals surface area contributed by atoms with Gasteiger partial charge in [-0.1, -0.05) is 95.7 Å². The van der Waals surface area contributed by atoms with Crippen LogP contribution in [0.25, 0.3) is 0 Å². The molecule has 0 bridgehead atoms. The molecular weight excluding hydrogens is 614 g/mol. The Balaban J connectivity index is 1.70. The number of nitrogens with zero attached hydrogens (tertiary/aromatic N) is 2. The van der Waals surface area contributed by atoms with E-state index in [0.29, 0.717) is 16.6 Å². The third-order valence-electron chi connectivity index (χ3n) is 7.80. The summed E-state index contributed by atoms with van der Waals surface area (Å²) in [4.78, 5) is 29.5. The summed E-state index contributed by atoms with van der Waals surface area (Å²) >= 11 is 3.44. The van der Waals surface area contributed by atoms with E-state index in [0.717, 1.165) is 46.7 Å². The van der Waals surface area contributed by atoms with Gasteiger partial charge in [0.25, 0.3) is 10.0 Å². The Morgan fingerprint density at radius 2 is 1.55 bits per heavy atom. The summed E-state index contributed by atoms with van der Waals surface area (Å²) < 4.78 is 29.8. The largest absolute Gasteiger partial charge is 0.352 e. The number of aryl methyl sites for hydroxylation is 2. The van der Waals surface area contributed by atoms with Crippen molar-refractivity contribution in [2.75, 3.05) is 10.8 Å². The molecule has 224 valence electrons. The lowest BCUT2D eigenvalue weighted by Gasteiger charge is -2.34. The van der Waals surface area contributed by atoms with Crippen LogP contribution in [0.15, 0.2) is 82.2 Å². The quantitative estimate of drug-likeness (QED) is 0.255. The van der Waals surface area contributed by atoms with Crippen LogP contribution in [-0.2, 0) is 26.2 Å². The molecule has 42 heavy (non-hydrogen) atoms. The minimum absolute atomic E-state index is 0.0908. The van der Waals surface area contributed by atoms with E-state index in [-0.39, 0.29) is 23.4 Å². The number of sulfonamides is 1. The van der Waals surface area contributed by atoms with Gasteiger partial charge in [-0.2, -0.15) is 0 Å². The van der Waals surface area contributed by atoms with E-state index in [9.17, 15) is 18.0 Å². The molecule has 1 fully saturated rings. The van der Waals surface area contributed by atoms with Gasteiger partial charge < -0.3 is 10.2 Å². The number of nitrogens with one attached hydrogen (secondary N) is 1. The van der Waals surface area contributed by atoms with Crippen LogP contribution in [0.3, 0.4) is 0 Å². The van der Waals surface area contributed by atoms with Gasteiger partial charge in [0.1, 0.15) is 12.6 Å². The van der Waals surface area contributed by atoms with Gasteiger partial charge in [0.15, 0.2) is 0 Å². The number of rotatable bonds is 11. The van der Waals surface area contributed by atoms with E-state index in [2.05, 4.69) is 21.2 Å². The fourth-order valence-electron chi connectivity index (χ4n) is 5.35. The van der Waals surface area contributed by atoms with Crippen molar-refractivity contribution >= 4 is 43.5 Å². The highest BCUT2D eigenvalue weighted by Crippen LogP contribution is 2.27. The van der Waals surface area contributed by atoms with Crippen LogP contribution in [0.1, 0.15) is 62.1 Å². The molecule has 1 aliphatic rings. The standard InChI is InChI=1S/C33H40BrN3O4S/c1-4-31(33(39)35-28-10-6-5-7-11-28)36(22-26-17-13-24(2)14-18-26)32(38)23-37(29-12-8-9-27(34)21-29)42(40,41)30-19-15-25(3)16-20-30/h8-9,12-21,28,31H,4-7,10-11,22-23H2,1-3H3,(H,35,39)/t31-/m1/s1. The Morgan fingerprint density at radius 1 is 0.929 bits per heavy atom. The molecule has 2 amide bonds. The van der Waals surface area contributed by atoms with E-state index in [1.165, 1.54) is 6.42 Å². The van der Waals surface area contributed by atoms with E-state index in [1.807, 2.05) is 45.0 Å². The van der Waals surface area contributed by atoms with Crippen molar-refractivity contribution < 1.29 is 18.0 Å². The van der Waals surface area contributed by atoms with Crippen LogP contribution in [-0.4, -0.2) is 43.8 Å². The lowest BCUT2D eigenvalue weighted by Crippen LogP contribution is -2.54. The summed E-state index contributed by atoms with van der Waals surface area (Å²) in [7, 11) is -4.11. The highest BCUT2D eigenvalue weighted by Gasteiger charge is 2.34. The Hall–Kier alpha value is -3.17. The van der Waals surface area contributed by atoms with Crippen LogP contribution in [0, 0.1) is 13.8 Å². The van der Waals surface area contributed by atoms with Crippen molar-refractivity contribution in [1.82, 2.24) is 10.2 Å². The summed E-state index contributed by atoms with van der Waals surface area (Å²) in [5, 5.41) is 3.18. The molecule has 1 N–H and O–H groups in total. The molecule has 0 spiro atoms. The van der Waals surface area contributed by atoms with E-state index >= 15 is 0 Å². The second-order valence-corrected chi connectivity index (χ2v) is 13.9. The molecule has 0 saturated heterocycles. The molecule has 4 rings (SSSR count). The molecule has 1 saturated carbocycles. The summed E-state index contributed by atoms with van der Waals surface area (Å²) in [6, 6.07) is 20.6. The minimum Gasteiger partial charge on any atom is -0.352 e. The number of hydrogen-bond donors (Lipinski definition) is 1. The predicted molar refractivity (Wildman–Crippen MR) is 171 cm³/mol. The summed E-state index contributed by atoms with van der Waals surface area (Å²) in [6.45, 7) is 5.50. The third kappa shape index (κ3) is 8.01. The zero-order valence-electron chi connectivity index (χ0n) is 24.6. The van der Waals surface area contributed by atoms with Gasteiger partial charge in [-0.25, -0.2) is 8.42 Å². The number of halogens is 1. The molecule has 9 heteroatoms. The third-order valence-corrected chi connectivity index (χ3v) is 10.1. The first-order valence-corrected chi connectivity index (χ1v) is 16.8. The maximum absolute atomic E-state index is 14.2. The number of anilines is 1. The molecule has 0 aliphatic heterocycles. The Morgan fingerprint density at radius 3 is 2.14 bits per heavy atom. The smallest absolute Gasteiger partial charge is 0.264 e. The molecule has 0 radical (unpaired) electrons. The van der Waals surface area contributed by atoms with Crippen molar-refractivity contribution in [3.05, 3.63) is 94.0 Å². The lowest BCUT2D eigenvalue weighted by molar-refractivity contribution is -0.140. The van der Waals surface area contributed by atoms with Crippen molar-refractivity contribution in [3.8, 4) is 0 Å². The van der Waals surface area contributed by atoms with Crippen LogP contribution >= 0.6 is 15.9 Å². The maximum atomic E-state index is 14.2. The minimum atomic E-state index is -4.11. The van der Waals surface area contributed by atoms with Gasteiger partial charge in [-0.05, 0) is 69.0 Å². The molecule has 7 nitrogen and oxygen atoms in total. The van der Waals surface area contributed by atoms with Gasteiger partial charge in [0, 0.05) is 17.1 Å². The first-order chi connectivity index (χ1) is 20.1. The summed E-state index contributed by atoms with van der Waals surface area (Å²) in [6.07, 6.45) is 5.58. The first kappa shape index (κ1) is 31.8. The van der Waals surface area contributed by atoms with Crippen molar-refractivity contribution in [2.45, 2.75) is 82.8 Å². The molecule has 1 aliphatic carbocycles. The zero-order valence-corrected chi connectivity index (χ0v) is 27.0. The highest BCUT2D eigenvalue weighted by molar-refractivity contribution is 9.10. The van der Waals surface area contributed by atoms with Crippen molar-refractivity contribution in [1.29, 1.82) is 0 Å². The lowest BCUT2D eigenvalue weighted by atomic mass is 9.95. The highest BCUT2D eigenvalue weighted by atomic mass is 79.9. The van der Waals surface area contributed by atoms with Gasteiger partial charge >= 0.3 is 0 Å². The molecule has 0 heterocycles. The monoisotopic (exact) mass is 653 g/mol. The van der Waals surface area contributed by atoms with Crippen LogP contribution < -0.4 is 9.62 Å². The number of benzene rings is 3. The summed E-state index contributed by atoms with van der Waals surface area (Å²) in [5.41, 5.74) is 3.24. The Kier molecular flexibility index (Phi) is 10.8. The maximum Gasteiger partial charge on any atom is 0.264 e. The number of hydrogen-bond acceptors (Lipinski definition) is 4. The molecular formula is C33H40BrN3O4S. The van der Waals surface area contributed by atoms with Crippen LogP contribution in [0.2, 0.25) is 0 Å². The molecule has 1 atom stereocenters. The first-order valence-electron chi connectivity index (χ1n) is 14.6. The SMILES string of the molecule is CC[C@H](C(=O)NC1CCCCC1)N(Cc1ccc(C)cc1)C(=O)CN(c1cccc(Br)c1)S(=O)(=O)c1ccc(C)cc1. The summed E-state index contributed by atoms with van der Waals surface area (Å²) in [5.74, 6) is -0.642. The van der Waals surface area contributed by atoms with Crippen LogP contribution in [0.5, 0.6) is 0 Å². The van der Waals surface area contributed by atoms with Crippen molar-refractivity contribution in [2.24, 2.45) is 0 Å². The predicted octanol–water partition coefficient (Wildman–Crippen LogP) is 6.52. The van der Waals surface area contributed by atoms with Gasteiger partial charge in [-0.15, -0.1) is 0 Å². The fourth-order valence-corrected chi connectivity index (χ4v) is 7.14. The van der Waals surface area contributed by atoms with Crippen molar-refractivity contribution in [3.63, 3.8) is 0 Å². The van der Waals surface area contributed by atoms with E-state index in [1.54, 1.807) is 53.4 Å². The van der Waals surface area contributed by atoms with E-state index in [4.69, 9.17) is 0 Å². The fraction of sp³-hybridized carbons (Fsp3) is 0.394. The van der Waals surface area contributed by atoms with Crippen LogP contribution in [0.4, 0.5) is 5.69 Å². The Labute approximate surface area is 258 Å². The number of carbonyl (C=O) groups is 2. The van der Waals surface area contributed by atoms with E-state index < -0.39 is 28.5 Å². The van der Waals surface area contributed by atoms with Gasteiger partial charge in [0.05, 0.1) is 10.6 Å². The molecule has 3 aromatic rings. The second-order valence-electron chi connectivity index (χ2n) is 11.1. The normalized spacial score (nSPS) is 14.7. The topological polar surface area (TPSA) is 86.8 Å². The average Bonchev–Trinajstić information content (AvgIpc) is 2.97. The van der Waals surface area contributed by atoms with Gasteiger partial charge in [0.2, 0.25) is 11.8 Å². The van der Waals surface area contributed by atoms with Gasteiger partial charge in [-0.3, -0.25) is 13.9 Å². The molecule has 0 aromatic heterocycles. The number of carbonyl (C=O) groups excluding carboxylic acids is 2. The Bertz CT molecular complexity index is 1470. The average molecular weight is 655 g/mol.